The minimum atomic E-state index is 0.0865. The number of furan rings is 1. The highest BCUT2D eigenvalue weighted by Gasteiger charge is 2.46. The lowest BCUT2D eigenvalue weighted by molar-refractivity contribution is -0.131. The molecule has 122 valence electrons. The fourth-order valence-electron chi connectivity index (χ4n) is 2.88. The predicted molar refractivity (Wildman–Crippen MR) is 88.5 cm³/mol. The molecule has 1 aromatic heterocycles. The molecule has 4 nitrogen and oxygen atoms in total. The van der Waals surface area contributed by atoms with E-state index in [1.807, 2.05) is 55.3 Å². The van der Waals surface area contributed by atoms with E-state index in [4.69, 9.17) is 9.15 Å². The first kappa shape index (κ1) is 15.7. The molecule has 4 heteroatoms. The standard InChI is InChI=1S/C19H23NO3/c1-14-7-3-4-8-17(14)22-12-6-10-20(2)19(21)16-13-15(16)18-9-5-11-23-18/h3-5,7-9,11,15-16H,6,10,12-13H2,1-2H3. The summed E-state index contributed by atoms with van der Waals surface area (Å²) in [6, 6.07) is 11.8. The molecule has 0 saturated heterocycles. The molecule has 3 rings (SSSR count). The first-order valence-corrected chi connectivity index (χ1v) is 8.13. The number of benzene rings is 1. The quantitative estimate of drug-likeness (QED) is 0.733. The molecule has 2 aromatic rings. The number of aryl methyl sites for hydroxylation is 1. The van der Waals surface area contributed by atoms with Crippen LogP contribution in [0.5, 0.6) is 5.75 Å². The Labute approximate surface area is 137 Å². The van der Waals surface area contributed by atoms with Crippen LogP contribution in [0.2, 0.25) is 0 Å². The monoisotopic (exact) mass is 313 g/mol. The molecular formula is C19H23NO3. The van der Waals surface area contributed by atoms with Crippen LogP contribution in [-0.2, 0) is 4.79 Å². The van der Waals surface area contributed by atoms with E-state index in [0.717, 1.165) is 29.9 Å². The molecule has 1 fully saturated rings. The minimum absolute atomic E-state index is 0.0865. The average molecular weight is 313 g/mol. The summed E-state index contributed by atoms with van der Waals surface area (Å²) in [6.45, 7) is 3.37. The van der Waals surface area contributed by atoms with Crippen molar-refractivity contribution < 1.29 is 13.9 Å². The van der Waals surface area contributed by atoms with Gasteiger partial charge in [0, 0.05) is 25.4 Å². The molecule has 2 atom stereocenters. The third kappa shape index (κ3) is 3.76. The number of amides is 1. The van der Waals surface area contributed by atoms with Crippen molar-refractivity contribution in [2.45, 2.75) is 25.7 Å². The van der Waals surface area contributed by atoms with Crippen LogP contribution in [0.15, 0.2) is 47.1 Å². The molecule has 1 aliphatic rings. The van der Waals surface area contributed by atoms with Crippen LogP contribution in [0.1, 0.15) is 30.1 Å². The molecular weight excluding hydrogens is 290 g/mol. The Bertz CT molecular complexity index is 650. The Kier molecular flexibility index (Phi) is 4.70. The first-order chi connectivity index (χ1) is 11.2. The van der Waals surface area contributed by atoms with E-state index in [1.54, 1.807) is 6.26 Å². The van der Waals surface area contributed by atoms with Crippen molar-refractivity contribution in [2.75, 3.05) is 20.2 Å². The summed E-state index contributed by atoms with van der Waals surface area (Å²) in [5.41, 5.74) is 1.14. The van der Waals surface area contributed by atoms with Gasteiger partial charge in [-0.25, -0.2) is 0 Å². The number of rotatable bonds is 7. The van der Waals surface area contributed by atoms with Crippen LogP contribution < -0.4 is 4.74 Å². The Morgan fingerprint density at radius 2 is 2.13 bits per heavy atom. The van der Waals surface area contributed by atoms with Crippen molar-refractivity contribution in [3.63, 3.8) is 0 Å². The maximum absolute atomic E-state index is 12.4. The molecule has 1 amide bonds. The van der Waals surface area contributed by atoms with Crippen molar-refractivity contribution in [1.29, 1.82) is 0 Å². The summed E-state index contributed by atoms with van der Waals surface area (Å²) >= 11 is 0. The summed E-state index contributed by atoms with van der Waals surface area (Å²) in [4.78, 5) is 14.2. The van der Waals surface area contributed by atoms with Gasteiger partial charge in [-0.2, -0.15) is 0 Å². The van der Waals surface area contributed by atoms with Gasteiger partial charge in [0.1, 0.15) is 11.5 Å². The fraction of sp³-hybridized carbons (Fsp3) is 0.421. The van der Waals surface area contributed by atoms with Crippen LogP contribution in [0.3, 0.4) is 0 Å². The van der Waals surface area contributed by atoms with E-state index in [-0.39, 0.29) is 17.7 Å². The van der Waals surface area contributed by atoms with E-state index in [2.05, 4.69) is 0 Å². The Morgan fingerprint density at radius 3 is 2.87 bits per heavy atom. The zero-order chi connectivity index (χ0) is 16.2. The second-order valence-corrected chi connectivity index (χ2v) is 6.19. The lowest BCUT2D eigenvalue weighted by atomic mass is 10.2. The highest BCUT2D eigenvalue weighted by Crippen LogP contribution is 2.48. The topological polar surface area (TPSA) is 42.7 Å². The lowest BCUT2D eigenvalue weighted by Crippen LogP contribution is -2.30. The van der Waals surface area contributed by atoms with Gasteiger partial charge >= 0.3 is 0 Å². The van der Waals surface area contributed by atoms with Crippen molar-refractivity contribution in [3.8, 4) is 5.75 Å². The Morgan fingerprint density at radius 1 is 1.30 bits per heavy atom. The number of hydrogen-bond donors (Lipinski definition) is 0. The number of nitrogens with zero attached hydrogens (tertiary/aromatic N) is 1. The zero-order valence-electron chi connectivity index (χ0n) is 13.7. The molecule has 2 unspecified atom stereocenters. The van der Waals surface area contributed by atoms with Gasteiger partial charge in [-0.3, -0.25) is 4.79 Å². The summed E-state index contributed by atoms with van der Waals surface area (Å²) in [6.07, 6.45) is 3.40. The zero-order valence-corrected chi connectivity index (χ0v) is 13.7. The first-order valence-electron chi connectivity index (χ1n) is 8.13. The van der Waals surface area contributed by atoms with Crippen LogP contribution in [-0.4, -0.2) is 31.0 Å². The van der Waals surface area contributed by atoms with E-state index >= 15 is 0 Å². The predicted octanol–water partition coefficient (Wildman–Crippen LogP) is 3.62. The average Bonchev–Trinajstić information content (AvgIpc) is 3.17. The second-order valence-electron chi connectivity index (χ2n) is 6.19. The third-order valence-corrected chi connectivity index (χ3v) is 4.38. The van der Waals surface area contributed by atoms with Gasteiger partial charge in [0.2, 0.25) is 5.91 Å². The molecule has 0 radical (unpaired) electrons. The number of para-hydroxylation sites is 1. The van der Waals surface area contributed by atoms with Crippen LogP contribution in [0.4, 0.5) is 0 Å². The smallest absolute Gasteiger partial charge is 0.226 e. The summed E-state index contributed by atoms with van der Waals surface area (Å²) in [5, 5.41) is 0. The summed E-state index contributed by atoms with van der Waals surface area (Å²) in [7, 11) is 1.87. The molecule has 0 spiro atoms. The summed E-state index contributed by atoms with van der Waals surface area (Å²) in [5.74, 6) is 2.41. The van der Waals surface area contributed by atoms with Gasteiger partial charge in [-0.15, -0.1) is 0 Å². The van der Waals surface area contributed by atoms with Gasteiger partial charge in [0.05, 0.1) is 12.9 Å². The number of carbonyl (C=O) groups excluding carboxylic acids is 1. The van der Waals surface area contributed by atoms with E-state index in [1.165, 1.54) is 0 Å². The molecule has 0 bridgehead atoms. The highest BCUT2D eigenvalue weighted by atomic mass is 16.5. The summed E-state index contributed by atoms with van der Waals surface area (Å²) < 4.78 is 11.2. The second kappa shape index (κ2) is 6.90. The largest absolute Gasteiger partial charge is 0.493 e. The minimum Gasteiger partial charge on any atom is -0.493 e. The van der Waals surface area contributed by atoms with E-state index in [0.29, 0.717) is 13.2 Å². The maximum Gasteiger partial charge on any atom is 0.226 e. The van der Waals surface area contributed by atoms with Crippen molar-refractivity contribution in [1.82, 2.24) is 4.90 Å². The van der Waals surface area contributed by atoms with E-state index in [9.17, 15) is 4.79 Å². The molecule has 1 heterocycles. The van der Waals surface area contributed by atoms with Gasteiger partial charge in [0.15, 0.2) is 0 Å². The third-order valence-electron chi connectivity index (χ3n) is 4.38. The number of carbonyl (C=O) groups is 1. The van der Waals surface area contributed by atoms with Gasteiger partial charge in [-0.1, -0.05) is 18.2 Å². The van der Waals surface area contributed by atoms with E-state index < -0.39 is 0 Å². The number of hydrogen-bond acceptors (Lipinski definition) is 3. The molecule has 0 aliphatic heterocycles. The molecule has 1 aromatic carbocycles. The molecule has 23 heavy (non-hydrogen) atoms. The van der Waals surface area contributed by atoms with Crippen molar-refractivity contribution >= 4 is 5.91 Å². The van der Waals surface area contributed by atoms with Crippen LogP contribution >= 0.6 is 0 Å². The van der Waals surface area contributed by atoms with Crippen LogP contribution in [0, 0.1) is 12.8 Å². The normalized spacial score (nSPS) is 19.4. The van der Waals surface area contributed by atoms with Crippen molar-refractivity contribution in [2.24, 2.45) is 5.92 Å². The lowest BCUT2D eigenvalue weighted by Gasteiger charge is -2.17. The molecule has 1 aliphatic carbocycles. The Balaban J connectivity index is 1.39. The van der Waals surface area contributed by atoms with Gasteiger partial charge in [0.25, 0.3) is 0 Å². The fourth-order valence-corrected chi connectivity index (χ4v) is 2.88. The SMILES string of the molecule is Cc1ccccc1OCCCN(C)C(=O)C1CC1c1ccco1. The Hall–Kier alpha value is -2.23. The van der Waals surface area contributed by atoms with Gasteiger partial charge in [-0.05, 0) is 43.5 Å². The van der Waals surface area contributed by atoms with Gasteiger partial charge < -0.3 is 14.1 Å². The maximum atomic E-state index is 12.4. The van der Waals surface area contributed by atoms with Crippen molar-refractivity contribution in [3.05, 3.63) is 54.0 Å². The van der Waals surface area contributed by atoms with Crippen LogP contribution in [0.25, 0.3) is 0 Å². The number of ether oxygens (including phenoxy) is 1. The molecule has 1 saturated carbocycles. The highest BCUT2D eigenvalue weighted by molar-refractivity contribution is 5.82. The molecule has 0 N–H and O–H groups in total.